The van der Waals surface area contributed by atoms with Gasteiger partial charge in [0.1, 0.15) is 5.56 Å². The number of nitrogens with zero attached hydrogens (tertiary/aromatic N) is 2. The maximum atomic E-state index is 13.2. The smallest absolute Gasteiger partial charge is 0.417 e. The summed E-state index contributed by atoms with van der Waals surface area (Å²) in [5, 5.41) is 11.5. The van der Waals surface area contributed by atoms with Gasteiger partial charge >= 0.3 is 6.18 Å². The standard InChI is InChI=1S/C22H21F3N4O4/c1-32-17-9-13(11-26)3-4-16(17)33-19-15(10-14(12-29-19)22(23,24)25)18(30)28-8-7-21(20(27)31)5-2-6-21/h3-4,9-10,12H,2,5-8H2,1H3,(H2,27,31)(H,28,30). The fourth-order valence-corrected chi connectivity index (χ4v) is 3.51. The lowest BCUT2D eigenvalue weighted by atomic mass is 9.66. The SMILES string of the molecule is COc1cc(C#N)ccc1Oc1ncc(C(F)(F)F)cc1C(=O)NCCC1(C(N)=O)CCC1. The number of halogens is 3. The fourth-order valence-electron chi connectivity index (χ4n) is 3.51. The molecule has 174 valence electrons. The molecule has 8 nitrogen and oxygen atoms in total. The predicted molar refractivity (Wildman–Crippen MR) is 109 cm³/mol. The van der Waals surface area contributed by atoms with E-state index in [2.05, 4.69) is 10.3 Å². The highest BCUT2D eigenvalue weighted by Gasteiger charge is 2.42. The number of nitrogens with two attached hydrogens (primary N) is 1. The molecular weight excluding hydrogens is 441 g/mol. The number of rotatable bonds is 8. The van der Waals surface area contributed by atoms with Crippen molar-refractivity contribution in [1.29, 1.82) is 5.26 Å². The first-order chi connectivity index (χ1) is 15.6. The number of pyridine rings is 1. The number of amides is 2. The van der Waals surface area contributed by atoms with E-state index in [1.807, 2.05) is 6.07 Å². The molecule has 3 rings (SSSR count). The second-order valence-electron chi connectivity index (χ2n) is 7.66. The zero-order valence-corrected chi connectivity index (χ0v) is 17.7. The molecule has 0 spiro atoms. The highest BCUT2D eigenvalue weighted by molar-refractivity contribution is 5.96. The van der Waals surface area contributed by atoms with Crippen LogP contribution in [0.1, 0.15) is 47.2 Å². The van der Waals surface area contributed by atoms with Crippen molar-refractivity contribution in [3.8, 4) is 23.4 Å². The van der Waals surface area contributed by atoms with Gasteiger partial charge in [0.2, 0.25) is 11.8 Å². The van der Waals surface area contributed by atoms with Crippen molar-refractivity contribution in [2.45, 2.75) is 31.9 Å². The first kappa shape index (κ1) is 23.8. The summed E-state index contributed by atoms with van der Waals surface area (Å²) in [5.41, 5.74) is 3.45. The van der Waals surface area contributed by atoms with E-state index in [1.165, 1.54) is 25.3 Å². The van der Waals surface area contributed by atoms with Crippen LogP contribution in [-0.4, -0.2) is 30.5 Å². The lowest BCUT2D eigenvalue weighted by Crippen LogP contribution is -2.45. The summed E-state index contributed by atoms with van der Waals surface area (Å²) in [4.78, 5) is 28.1. The van der Waals surface area contributed by atoms with Gasteiger partial charge in [0.25, 0.3) is 5.91 Å². The van der Waals surface area contributed by atoms with Crippen LogP contribution < -0.4 is 20.5 Å². The number of methoxy groups -OCH3 is 1. The number of hydrogen-bond donors (Lipinski definition) is 2. The van der Waals surface area contributed by atoms with Crippen molar-refractivity contribution < 1.29 is 32.2 Å². The number of ether oxygens (including phenoxy) is 2. The summed E-state index contributed by atoms with van der Waals surface area (Å²) in [6.45, 7) is 0.0393. The number of alkyl halides is 3. The molecule has 1 aliphatic carbocycles. The van der Waals surface area contributed by atoms with E-state index in [4.69, 9.17) is 20.5 Å². The second kappa shape index (κ2) is 9.36. The second-order valence-corrected chi connectivity index (χ2v) is 7.66. The van der Waals surface area contributed by atoms with Crippen LogP contribution in [0.3, 0.4) is 0 Å². The lowest BCUT2D eigenvalue weighted by Gasteiger charge is -2.38. The quantitative estimate of drug-likeness (QED) is 0.618. The van der Waals surface area contributed by atoms with Crippen LogP contribution in [0.4, 0.5) is 13.2 Å². The Morgan fingerprint density at radius 3 is 2.55 bits per heavy atom. The number of carbonyl (C=O) groups excluding carboxylic acids is 2. The molecule has 33 heavy (non-hydrogen) atoms. The van der Waals surface area contributed by atoms with E-state index in [0.717, 1.165) is 6.42 Å². The molecule has 0 unspecified atom stereocenters. The van der Waals surface area contributed by atoms with Gasteiger partial charge in [-0.1, -0.05) is 6.42 Å². The summed E-state index contributed by atoms with van der Waals surface area (Å²) in [7, 11) is 1.33. The average molecular weight is 462 g/mol. The van der Waals surface area contributed by atoms with Crippen LogP contribution in [0.5, 0.6) is 17.4 Å². The predicted octanol–water partition coefficient (Wildman–Crippen LogP) is 3.55. The monoisotopic (exact) mass is 462 g/mol. The Morgan fingerprint density at radius 2 is 2.00 bits per heavy atom. The summed E-state index contributed by atoms with van der Waals surface area (Å²) >= 11 is 0. The number of benzene rings is 1. The molecule has 1 aromatic carbocycles. The van der Waals surface area contributed by atoms with Crippen molar-refractivity contribution in [2.75, 3.05) is 13.7 Å². The van der Waals surface area contributed by atoms with Crippen LogP contribution in [0, 0.1) is 16.7 Å². The van der Waals surface area contributed by atoms with Crippen LogP contribution in [-0.2, 0) is 11.0 Å². The van der Waals surface area contributed by atoms with Gasteiger partial charge in [-0.15, -0.1) is 0 Å². The molecule has 3 N–H and O–H groups in total. The maximum absolute atomic E-state index is 13.2. The molecule has 0 aliphatic heterocycles. The normalized spacial score (nSPS) is 14.5. The Morgan fingerprint density at radius 1 is 1.27 bits per heavy atom. The molecule has 1 heterocycles. The molecule has 1 aromatic heterocycles. The molecule has 0 saturated heterocycles. The molecular formula is C22H21F3N4O4. The molecule has 11 heteroatoms. The van der Waals surface area contributed by atoms with E-state index in [0.29, 0.717) is 25.1 Å². The van der Waals surface area contributed by atoms with Gasteiger partial charge in [0, 0.05) is 18.8 Å². The number of aromatic nitrogens is 1. The Balaban J connectivity index is 1.86. The van der Waals surface area contributed by atoms with Crippen LogP contribution in [0.2, 0.25) is 0 Å². The Bertz CT molecular complexity index is 1110. The average Bonchev–Trinajstić information content (AvgIpc) is 2.74. The molecule has 1 aliphatic rings. The molecule has 0 radical (unpaired) electrons. The number of hydrogen-bond acceptors (Lipinski definition) is 6. The van der Waals surface area contributed by atoms with Gasteiger partial charge in [-0.2, -0.15) is 18.4 Å². The minimum atomic E-state index is -4.73. The zero-order valence-electron chi connectivity index (χ0n) is 17.7. The van der Waals surface area contributed by atoms with E-state index in [9.17, 15) is 22.8 Å². The van der Waals surface area contributed by atoms with E-state index in [-0.39, 0.29) is 35.9 Å². The van der Waals surface area contributed by atoms with Gasteiger partial charge in [-0.05, 0) is 37.5 Å². The number of nitrogens with one attached hydrogen (secondary N) is 1. The van der Waals surface area contributed by atoms with Crippen molar-refractivity contribution in [2.24, 2.45) is 11.1 Å². The molecule has 2 aromatic rings. The molecule has 1 saturated carbocycles. The van der Waals surface area contributed by atoms with Gasteiger partial charge in [0.05, 0.1) is 29.7 Å². The largest absolute Gasteiger partial charge is 0.493 e. The third-order valence-electron chi connectivity index (χ3n) is 5.64. The summed E-state index contributed by atoms with van der Waals surface area (Å²) in [6, 6.07) is 6.74. The van der Waals surface area contributed by atoms with Crippen molar-refractivity contribution in [3.05, 3.63) is 47.2 Å². The van der Waals surface area contributed by atoms with Gasteiger partial charge in [-0.25, -0.2) is 4.98 Å². The Kier molecular flexibility index (Phi) is 6.76. The van der Waals surface area contributed by atoms with Crippen molar-refractivity contribution >= 4 is 11.8 Å². The maximum Gasteiger partial charge on any atom is 0.417 e. The minimum absolute atomic E-state index is 0.0393. The minimum Gasteiger partial charge on any atom is -0.493 e. The molecule has 0 atom stereocenters. The van der Waals surface area contributed by atoms with Crippen LogP contribution in [0.25, 0.3) is 0 Å². The van der Waals surface area contributed by atoms with E-state index in [1.54, 1.807) is 0 Å². The van der Waals surface area contributed by atoms with Gasteiger partial charge in [-0.3, -0.25) is 9.59 Å². The Hall–Kier alpha value is -3.81. The Labute approximate surface area is 187 Å². The van der Waals surface area contributed by atoms with Crippen LogP contribution >= 0.6 is 0 Å². The highest BCUT2D eigenvalue weighted by atomic mass is 19.4. The van der Waals surface area contributed by atoms with Crippen molar-refractivity contribution in [1.82, 2.24) is 10.3 Å². The van der Waals surface area contributed by atoms with Gasteiger partial charge in [0.15, 0.2) is 11.5 Å². The van der Waals surface area contributed by atoms with Gasteiger partial charge < -0.3 is 20.5 Å². The third-order valence-corrected chi connectivity index (χ3v) is 5.64. The topological polar surface area (TPSA) is 127 Å². The first-order valence-corrected chi connectivity index (χ1v) is 10.0. The summed E-state index contributed by atoms with van der Waals surface area (Å²) in [5.74, 6) is -1.50. The number of primary amides is 1. The van der Waals surface area contributed by atoms with Crippen molar-refractivity contribution in [3.63, 3.8) is 0 Å². The number of nitriles is 1. The zero-order chi connectivity index (χ0) is 24.2. The number of carbonyl (C=O) groups is 2. The summed E-state index contributed by atoms with van der Waals surface area (Å²) < 4.78 is 50.4. The first-order valence-electron chi connectivity index (χ1n) is 10.0. The van der Waals surface area contributed by atoms with E-state index >= 15 is 0 Å². The summed E-state index contributed by atoms with van der Waals surface area (Å²) in [6.07, 6.45) is -1.83. The molecule has 2 amide bonds. The van der Waals surface area contributed by atoms with Crippen LogP contribution in [0.15, 0.2) is 30.5 Å². The van der Waals surface area contributed by atoms with E-state index < -0.39 is 34.5 Å². The fraction of sp³-hybridized carbons (Fsp3) is 0.364. The lowest BCUT2D eigenvalue weighted by molar-refractivity contribution is -0.138. The third kappa shape index (κ3) is 5.16. The highest BCUT2D eigenvalue weighted by Crippen LogP contribution is 2.43. The molecule has 0 bridgehead atoms. The molecule has 1 fully saturated rings.